The fourth-order valence-corrected chi connectivity index (χ4v) is 1.02. The zero-order valence-electron chi connectivity index (χ0n) is 6.64. The number of pyridine rings is 1. The number of primary amides is 1. The Kier molecular flexibility index (Phi) is 1.63. The van der Waals surface area contributed by atoms with Crippen molar-refractivity contribution >= 4 is 16.8 Å². The maximum atomic E-state index is 10.8. The third-order valence-corrected chi connectivity index (χ3v) is 1.64. The summed E-state index contributed by atoms with van der Waals surface area (Å²) in [6.07, 6.45) is 4.53. The van der Waals surface area contributed by atoms with E-state index in [-0.39, 0.29) is 5.69 Å². The van der Waals surface area contributed by atoms with E-state index in [1.165, 1.54) is 12.5 Å². The van der Waals surface area contributed by atoms with Crippen LogP contribution in [-0.4, -0.2) is 20.9 Å². The number of amides is 1. The number of hydrogen-bond donors (Lipinski definition) is 1. The van der Waals surface area contributed by atoms with Gasteiger partial charge in [-0.2, -0.15) is 0 Å². The molecule has 2 heterocycles. The molecule has 0 saturated carbocycles. The van der Waals surface area contributed by atoms with Gasteiger partial charge in [-0.3, -0.25) is 4.79 Å². The Morgan fingerprint density at radius 1 is 1.31 bits per heavy atom. The molecule has 0 bridgehead atoms. The molecule has 1 amide bonds. The third-order valence-electron chi connectivity index (χ3n) is 1.64. The second kappa shape index (κ2) is 2.78. The van der Waals surface area contributed by atoms with Crippen molar-refractivity contribution in [1.29, 1.82) is 0 Å². The van der Waals surface area contributed by atoms with Gasteiger partial charge >= 0.3 is 0 Å². The highest BCUT2D eigenvalue weighted by Crippen LogP contribution is 2.08. The summed E-state index contributed by atoms with van der Waals surface area (Å²) in [6, 6.07) is 1.57. The molecule has 5 heteroatoms. The topological polar surface area (TPSA) is 81.8 Å². The minimum atomic E-state index is -0.550. The van der Waals surface area contributed by atoms with Crippen molar-refractivity contribution in [3.63, 3.8) is 0 Å². The minimum Gasteiger partial charge on any atom is -0.364 e. The maximum Gasteiger partial charge on any atom is 0.267 e. The molecule has 0 fully saturated rings. The van der Waals surface area contributed by atoms with Crippen LogP contribution in [0.1, 0.15) is 10.5 Å². The number of rotatable bonds is 1. The molecule has 0 aromatic carbocycles. The summed E-state index contributed by atoms with van der Waals surface area (Å²) in [5, 5.41) is 0.756. The van der Waals surface area contributed by atoms with Gasteiger partial charge in [0.05, 0.1) is 11.7 Å². The van der Waals surface area contributed by atoms with Crippen LogP contribution < -0.4 is 5.73 Å². The van der Waals surface area contributed by atoms with Crippen molar-refractivity contribution in [1.82, 2.24) is 15.0 Å². The molecule has 0 aliphatic carbocycles. The number of aromatic nitrogens is 3. The molecule has 2 N–H and O–H groups in total. The summed E-state index contributed by atoms with van der Waals surface area (Å²) in [5.74, 6) is -0.550. The van der Waals surface area contributed by atoms with Gasteiger partial charge in [0.25, 0.3) is 5.91 Å². The number of carbonyl (C=O) groups is 1. The van der Waals surface area contributed by atoms with Crippen LogP contribution in [0.5, 0.6) is 0 Å². The lowest BCUT2D eigenvalue weighted by Crippen LogP contribution is -2.12. The van der Waals surface area contributed by atoms with Crippen molar-refractivity contribution in [3.05, 3.63) is 30.5 Å². The van der Waals surface area contributed by atoms with Crippen molar-refractivity contribution in [2.75, 3.05) is 0 Å². The SMILES string of the molecule is NC(=O)c1cc2cncnc2cn1. The van der Waals surface area contributed by atoms with E-state index in [4.69, 9.17) is 5.73 Å². The van der Waals surface area contributed by atoms with E-state index in [1.807, 2.05) is 0 Å². The van der Waals surface area contributed by atoms with Crippen LogP contribution in [0.15, 0.2) is 24.8 Å². The van der Waals surface area contributed by atoms with Gasteiger partial charge < -0.3 is 5.73 Å². The maximum absolute atomic E-state index is 10.8. The fraction of sp³-hybridized carbons (Fsp3) is 0. The smallest absolute Gasteiger partial charge is 0.267 e. The molecule has 0 aliphatic heterocycles. The standard InChI is InChI=1S/C8H6N4O/c9-8(13)6-1-5-2-10-4-12-7(5)3-11-6/h1-4H,(H2,9,13). The average Bonchev–Trinajstić information content (AvgIpc) is 2.17. The van der Waals surface area contributed by atoms with Gasteiger partial charge in [-0.15, -0.1) is 0 Å². The largest absolute Gasteiger partial charge is 0.364 e. The molecule has 2 aromatic heterocycles. The van der Waals surface area contributed by atoms with Gasteiger partial charge in [-0.05, 0) is 6.07 Å². The molecule has 2 rings (SSSR count). The predicted molar refractivity (Wildman–Crippen MR) is 45.9 cm³/mol. The lowest BCUT2D eigenvalue weighted by molar-refractivity contribution is 0.0996. The van der Waals surface area contributed by atoms with Crippen molar-refractivity contribution in [2.24, 2.45) is 5.73 Å². The highest BCUT2D eigenvalue weighted by atomic mass is 16.1. The molecule has 0 aliphatic rings. The van der Waals surface area contributed by atoms with E-state index in [0.29, 0.717) is 5.52 Å². The molecular weight excluding hydrogens is 168 g/mol. The molecule has 0 saturated heterocycles. The summed E-state index contributed by atoms with van der Waals surface area (Å²) >= 11 is 0. The van der Waals surface area contributed by atoms with Gasteiger partial charge in [0, 0.05) is 11.6 Å². The first-order chi connectivity index (χ1) is 6.27. The van der Waals surface area contributed by atoms with E-state index in [1.54, 1.807) is 12.3 Å². The van der Waals surface area contributed by atoms with E-state index >= 15 is 0 Å². The summed E-state index contributed by atoms with van der Waals surface area (Å²) < 4.78 is 0. The van der Waals surface area contributed by atoms with Crippen molar-refractivity contribution in [3.8, 4) is 0 Å². The molecule has 5 nitrogen and oxygen atoms in total. The van der Waals surface area contributed by atoms with E-state index < -0.39 is 5.91 Å². The van der Waals surface area contributed by atoms with Gasteiger partial charge in [0.2, 0.25) is 0 Å². The molecule has 0 spiro atoms. The Morgan fingerprint density at radius 3 is 2.92 bits per heavy atom. The molecule has 64 valence electrons. The van der Waals surface area contributed by atoms with E-state index in [0.717, 1.165) is 5.39 Å². The molecule has 0 unspecified atom stereocenters. The van der Waals surface area contributed by atoms with Crippen LogP contribution >= 0.6 is 0 Å². The number of hydrogen-bond acceptors (Lipinski definition) is 4. The van der Waals surface area contributed by atoms with Crippen LogP contribution in [0, 0.1) is 0 Å². The first-order valence-corrected chi connectivity index (χ1v) is 3.63. The zero-order valence-corrected chi connectivity index (χ0v) is 6.64. The van der Waals surface area contributed by atoms with Gasteiger partial charge in [-0.1, -0.05) is 0 Å². The number of nitrogens with zero attached hydrogens (tertiary/aromatic N) is 3. The van der Waals surface area contributed by atoms with Gasteiger partial charge in [0.15, 0.2) is 0 Å². The Labute approximate surface area is 73.6 Å². The van der Waals surface area contributed by atoms with Crippen LogP contribution in [0.25, 0.3) is 10.9 Å². The summed E-state index contributed by atoms with van der Waals surface area (Å²) in [6.45, 7) is 0. The molecular formula is C8H6N4O. The van der Waals surface area contributed by atoms with Gasteiger partial charge in [0.1, 0.15) is 12.0 Å². The summed E-state index contributed by atoms with van der Waals surface area (Å²) in [7, 11) is 0. The van der Waals surface area contributed by atoms with Crippen LogP contribution in [0.3, 0.4) is 0 Å². The fourth-order valence-electron chi connectivity index (χ4n) is 1.02. The first kappa shape index (κ1) is 7.60. The minimum absolute atomic E-state index is 0.224. The van der Waals surface area contributed by atoms with Crippen molar-refractivity contribution in [2.45, 2.75) is 0 Å². The molecule has 2 aromatic rings. The zero-order chi connectivity index (χ0) is 9.26. The summed E-state index contributed by atoms with van der Waals surface area (Å²) in [5.41, 5.74) is 5.98. The third kappa shape index (κ3) is 1.31. The molecule has 0 radical (unpaired) electrons. The predicted octanol–water partition coefficient (Wildman–Crippen LogP) is 0.124. The monoisotopic (exact) mass is 174 g/mol. The Morgan fingerprint density at radius 2 is 2.15 bits per heavy atom. The van der Waals surface area contributed by atoms with Crippen LogP contribution in [0.2, 0.25) is 0 Å². The highest BCUT2D eigenvalue weighted by Gasteiger charge is 2.02. The number of carbonyl (C=O) groups excluding carboxylic acids is 1. The molecule has 0 atom stereocenters. The Bertz CT molecular complexity index is 468. The normalized spacial score (nSPS) is 10.2. The van der Waals surface area contributed by atoms with Crippen molar-refractivity contribution < 1.29 is 4.79 Å². The first-order valence-electron chi connectivity index (χ1n) is 3.63. The Hall–Kier alpha value is -2.04. The summed E-state index contributed by atoms with van der Waals surface area (Å²) in [4.78, 5) is 22.4. The van der Waals surface area contributed by atoms with Crippen LogP contribution in [0.4, 0.5) is 0 Å². The van der Waals surface area contributed by atoms with E-state index in [9.17, 15) is 4.79 Å². The second-order valence-corrected chi connectivity index (χ2v) is 2.52. The van der Waals surface area contributed by atoms with E-state index in [2.05, 4.69) is 15.0 Å². The quantitative estimate of drug-likeness (QED) is 0.665. The molecule has 13 heavy (non-hydrogen) atoms. The lowest BCUT2D eigenvalue weighted by Gasteiger charge is -1.96. The number of nitrogens with two attached hydrogens (primary N) is 1. The average molecular weight is 174 g/mol. The lowest BCUT2D eigenvalue weighted by atomic mass is 10.2. The van der Waals surface area contributed by atoms with Crippen LogP contribution in [-0.2, 0) is 0 Å². The Balaban J connectivity index is 2.69. The second-order valence-electron chi connectivity index (χ2n) is 2.52. The highest BCUT2D eigenvalue weighted by molar-refractivity contribution is 5.94. The van der Waals surface area contributed by atoms with Gasteiger partial charge in [-0.25, -0.2) is 15.0 Å². The number of fused-ring (bicyclic) bond motifs is 1.